The molecular formula is C15H15NO4. The van der Waals surface area contributed by atoms with Gasteiger partial charge in [0.05, 0.1) is 12.8 Å². The number of nitrogens with two attached hydrogens (primary N) is 1. The van der Waals surface area contributed by atoms with E-state index in [-0.39, 0.29) is 17.9 Å². The van der Waals surface area contributed by atoms with Crippen LogP contribution in [0, 0.1) is 0 Å². The number of carboxylic acids is 1. The first-order chi connectivity index (χ1) is 9.61. The molecule has 0 unspecified atom stereocenters. The maximum absolute atomic E-state index is 11.1. The van der Waals surface area contributed by atoms with E-state index in [2.05, 4.69) is 0 Å². The van der Waals surface area contributed by atoms with E-state index < -0.39 is 5.97 Å². The topological polar surface area (TPSA) is 81.8 Å². The monoisotopic (exact) mass is 273 g/mol. The molecule has 0 aliphatic heterocycles. The van der Waals surface area contributed by atoms with Crippen LogP contribution in [0.5, 0.6) is 11.5 Å². The van der Waals surface area contributed by atoms with Gasteiger partial charge in [0.2, 0.25) is 0 Å². The normalized spacial score (nSPS) is 10.1. The van der Waals surface area contributed by atoms with Gasteiger partial charge in [0, 0.05) is 0 Å². The quantitative estimate of drug-likeness (QED) is 0.818. The van der Waals surface area contributed by atoms with Crippen molar-refractivity contribution in [3.05, 3.63) is 53.6 Å². The predicted octanol–water partition coefficient (Wildman–Crippen LogP) is 2.55. The zero-order chi connectivity index (χ0) is 14.5. The highest BCUT2D eigenvalue weighted by Crippen LogP contribution is 2.27. The van der Waals surface area contributed by atoms with Gasteiger partial charge >= 0.3 is 5.97 Å². The first-order valence-electron chi connectivity index (χ1n) is 5.99. The minimum atomic E-state index is -1.07. The molecule has 2 rings (SSSR count). The Bertz CT molecular complexity index is 625. The fraction of sp³-hybridized carbons (Fsp3) is 0.133. The highest BCUT2D eigenvalue weighted by Gasteiger charge is 2.14. The fourth-order valence-corrected chi connectivity index (χ4v) is 1.80. The Morgan fingerprint density at radius 3 is 2.70 bits per heavy atom. The minimum Gasteiger partial charge on any atom is -0.497 e. The lowest BCUT2D eigenvalue weighted by Crippen LogP contribution is -2.06. The number of rotatable bonds is 5. The highest BCUT2D eigenvalue weighted by atomic mass is 16.5. The number of hydrogen-bond donors (Lipinski definition) is 2. The van der Waals surface area contributed by atoms with E-state index in [1.807, 2.05) is 24.3 Å². The number of aromatic carboxylic acids is 1. The molecule has 2 aromatic carbocycles. The second-order valence-electron chi connectivity index (χ2n) is 4.17. The maximum atomic E-state index is 11.1. The number of anilines is 1. The van der Waals surface area contributed by atoms with Crippen LogP contribution in [0.25, 0.3) is 0 Å². The predicted molar refractivity (Wildman–Crippen MR) is 75.1 cm³/mol. The van der Waals surface area contributed by atoms with Gasteiger partial charge in [0.1, 0.15) is 17.9 Å². The van der Waals surface area contributed by atoms with Gasteiger partial charge in [0.25, 0.3) is 0 Å². The maximum Gasteiger partial charge on any atom is 0.339 e. The van der Waals surface area contributed by atoms with Crippen LogP contribution in [0.3, 0.4) is 0 Å². The van der Waals surface area contributed by atoms with Crippen molar-refractivity contribution >= 4 is 11.7 Å². The second-order valence-corrected chi connectivity index (χ2v) is 4.17. The zero-order valence-electron chi connectivity index (χ0n) is 11.0. The Hall–Kier alpha value is -2.69. The molecule has 0 aliphatic carbocycles. The lowest BCUT2D eigenvalue weighted by atomic mass is 10.1. The van der Waals surface area contributed by atoms with E-state index in [1.54, 1.807) is 19.2 Å². The molecule has 20 heavy (non-hydrogen) atoms. The van der Waals surface area contributed by atoms with Gasteiger partial charge in [0.15, 0.2) is 5.75 Å². The summed E-state index contributed by atoms with van der Waals surface area (Å²) in [7, 11) is 1.58. The number of hydrogen-bond acceptors (Lipinski definition) is 4. The first kappa shape index (κ1) is 13.7. The zero-order valence-corrected chi connectivity index (χ0v) is 11.0. The summed E-state index contributed by atoms with van der Waals surface area (Å²) in [6.45, 7) is 0.214. The van der Waals surface area contributed by atoms with Crippen molar-refractivity contribution in [2.24, 2.45) is 0 Å². The Kier molecular flexibility index (Phi) is 4.10. The van der Waals surface area contributed by atoms with Gasteiger partial charge in [-0.15, -0.1) is 0 Å². The summed E-state index contributed by atoms with van der Waals surface area (Å²) in [5.74, 6) is -0.175. The Morgan fingerprint density at radius 1 is 1.25 bits per heavy atom. The minimum absolute atomic E-state index is 0.0490. The second kappa shape index (κ2) is 5.97. The van der Waals surface area contributed by atoms with Crippen molar-refractivity contribution in [2.75, 3.05) is 12.8 Å². The third-order valence-corrected chi connectivity index (χ3v) is 2.79. The number of methoxy groups -OCH3 is 1. The summed E-state index contributed by atoms with van der Waals surface area (Å²) in [5, 5.41) is 9.11. The summed E-state index contributed by atoms with van der Waals surface area (Å²) >= 11 is 0. The van der Waals surface area contributed by atoms with E-state index in [9.17, 15) is 4.79 Å². The molecule has 0 spiro atoms. The van der Waals surface area contributed by atoms with Gasteiger partial charge < -0.3 is 20.3 Å². The van der Waals surface area contributed by atoms with Crippen LogP contribution in [0.15, 0.2) is 42.5 Å². The number of carboxylic acid groups (broad SMARTS) is 1. The first-order valence-corrected chi connectivity index (χ1v) is 5.99. The van der Waals surface area contributed by atoms with Gasteiger partial charge in [-0.25, -0.2) is 4.79 Å². The number of carbonyl (C=O) groups is 1. The van der Waals surface area contributed by atoms with Crippen molar-refractivity contribution in [3.8, 4) is 11.5 Å². The Morgan fingerprint density at radius 2 is 2.00 bits per heavy atom. The van der Waals surface area contributed by atoms with Crippen LogP contribution >= 0.6 is 0 Å². The van der Waals surface area contributed by atoms with Gasteiger partial charge in [-0.05, 0) is 29.8 Å². The molecule has 0 atom stereocenters. The molecule has 0 saturated carbocycles. The molecule has 5 nitrogen and oxygen atoms in total. The molecule has 0 bridgehead atoms. The molecule has 2 aromatic rings. The standard InChI is InChI=1S/C15H15NO4/c1-19-11-5-2-4-10(8-11)9-20-14-12(15(17)18)6-3-7-13(14)16/h2-8H,9,16H2,1H3,(H,17,18). The van der Waals surface area contributed by atoms with Gasteiger partial charge in [-0.2, -0.15) is 0 Å². The molecule has 3 N–H and O–H groups in total. The van der Waals surface area contributed by atoms with E-state index in [1.165, 1.54) is 6.07 Å². The van der Waals surface area contributed by atoms with E-state index >= 15 is 0 Å². The van der Waals surface area contributed by atoms with Crippen molar-refractivity contribution in [2.45, 2.75) is 6.61 Å². The molecule has 0 heterocycles. The van der Waals surface area contributed by atoms with Crippen molar-refractivity contribution < 1.29 is 19.4 Å². The largest absolute Gasteiger partial charge is 0.497 e. The van der Waals surface area contributed by atoms with Crippen molar-refractivity contribution in [3.63, 3.8) is 0 Å². The van der Waals surface area contributed by atoms with E-state index in [0.29, 0.717) is 11.4 Å². The highest BCUT2D eigenvalue weighted by molar-refractivity contribution is 5.93. The number of nitrogen functional groups attached to an aromatic ring is 1. The molecule has 104 valence electrons. The average Bonchev–Trinajstić information content (AvgIpc) is 2.45. The van der Waals surface area contributed by atoms with Crippen LogP contribution < -0.4 is 15.2 Å². The van der Waals surface area contributed by atoms with Crippen LogP contribution in [0.2, 0.25) is 0 Å². The number of ether oxygens (including phenoxy) is 2. The summed E-state index contributed by atoms with van der Waals surface area (Å²) in [4.78, 5) is 11.1. The number of para-hydroxylation sites is 1. The van der Waals surface area contributed by atoms with Crippen molar-refractivity contribution in [1.29, 1.82) is 0 Å². The van der Waals surface area contributed by atoms with Crippen LogP contribution in [0.1, 0.15) is 15.9 Å². The molecule has 0 fully saturated rings. The summed E-state index contributed by atoms with van der Waals surface area (Å²) in [5.41, 5.74) is 6.98. The smallest absolute Gasteiger partial charge is 0.339 e. The third-order valence-electron chi connectivity index (χ3n) is 2.79. The van der Waals surface area contributed by atoms with E-state index in [0.717, 1.165) is 5.56 Å². The SMILES string of the molecule is COc1cccc(COc2c(N)cccc2C(=O)O)c1. The van der Waals surface area contributed by atoms with Crippen molar-refractivity contribution in [1.82, 2.24) is 0 Å². The average molecular weight is 273 g/mol. The lowest BCUT2D eigenvalue weighted by Gasteiger charge is -2.12. The van der Waals surface area contributed by atoms with Crippen LogP contribution in [-0.2, 0) is 6.61 Å². The molecule has 0 aliphatic rings. The van der Waals surface area contributed by atoms with Gasteiger partial charge in [-0.3, -0.25) is 0 Å². The summed E-state index contributed by atoms with van der Waals surface area (Å²) in [6.07, 6.45) is 0. The molecule has 0 saturated heterocycles. The Balaban J connectivity index is 2.20. The van der Waals surface area contributed by atoms with Crippen LogP contribution in [0.4, 0.5) is 5.69 Å². The summed E-state index contributed by atoms with van der Waals surface area (Å²) < 4.78 is 10.7. The van der Waals surface area contributed by atoms with Crippen LogP contribution in [-0.4, -0.2) is 18.2 Å². The molecular weight excluding hydrogens is 258 g/mol. The number of benzene rings is 2. The fourth-order valence-electron chi connectivity index (χ4n) is 1.80. The molecule has 0 amide bonds. The lowest BCUT2D eigenvalue weighted by molar-refractivity contribution is 0.0692. The molecule has 5 heteroatoms. The molecule has 0 radical (unpaired) electrons. The summed E-state index contributed by atoms with van der Waals surface area (Å²) in [6, 6.07) is 12.0. The molecule has 0 aromatic heterocycles. The Labute approximate surface area is 116 Å². The third kappa shape index (κ3) is 3.00. The van der Waals surface area contributed by atoms with E-state index in [4.69, 9.17) is 20.3 Å². The van der Waals surface area contributed by atoms with Gasteiger partial charge in [-0.1, -0.05) is 18.2 Å².